The van der Waals surface area contributed by atoms with E-state index in [9.17, 15) is 4.79 Å². The summed E-state index contributed by atoms with van der Waals surface area (Å²) in [5, 5.41) is 2.92. The number of benzene rings is 2. The molecule has 0 saturated heterocycles. The van der Waals surface area contributed by atoms with Crippen LogP contribution in [-0.4, -0.2) is 11.9 Å². The largest absolute Gasteiger partial charge is 0.489 e. The third kappa shape index (κ3) is 6.60. The van der Waals surface area contributed by atoms with E-state index in [1.165, 1.54) is 0 Å². The van der Waals surface area contributed by atoms with Crippen LogP contribution in [-0.2, 0) is 11.4 Å². The van der Waals surface area contributed by atoms with E-state index < -0.39 is 0 Å². The molecule has 0 spiro atoms. The Morgan fingerprint density at radius 2 is 1.92 bits per heavy atom. The van der Waals surface area contributed by atoms with Crippen LogP contribution < -0.4 is 15.8 Å². The van der Waals surface area contributed by atoms with Crippen molar-refractivity contribution < 1.29 is 9.53 Å². The van der Waals surface area contributed by atoms with Gasteiger partial charge < -0.3 is 15.8 Å². The number of hydrogen-bond acceptors (Lipinski definition) is 3. The highest BCUT2D eigenvalue weighted by atomic mass is 35.5. The maximum absolute atomic E-state index is 11.9. The number of anilines is 1. The minimum Gasteiger partial charge on any atom is -0.489 e. The van der Waals surface area contributed by atoms with Gasteiger partial charge in [-0.25, -0.2) is 0 Å². The molecule has 0 aromatic heterocycles. The maximum atomic E-state index is 11.9. The van der Waals surface area contributed by atoms with Crippen LogP contribution >= 0.6 is 12.4 Å². The Morgan fingerprint density at radius 1 is 1.21 bits per heavy atom. The molecule has 0 saturated carbocycles. The number of carbonyl (C=O) groups excluding carboxylic acids is 1. The normalized spacial score (nSPS) is 11.3. The average molecular weight is 349 g/mol. The summed E-state index contributed by atoms with van der Waals surface area (Å²) in [6, 6.07) is 15.7. The van der Waals surface area contributed by atoms with Crippen molar-refractivity contribution in [3.8, 4) is 5.75 Å². The Hall–Kier alpha value is -2.04. The van der Waals surface area contributed by atoms with E-state index in [0.717, 1.165) is 22.6 Å². The highest BCUT2D eigenvalue weighted by Crippen LogP contribution is 2.22. The van der Waals surface area contributed by atoms with Gasteiger partial charge in [-0.05, 0) is 49.6 Å². The van der Waals surface area contributed by atoms with Gasteiger partial charge in [-0.15, -0.1) is 12.4 Å². The molecule has 0 radical (unpaired) electrons. The summed E-state index contributed by atoms with van der Waals surface area (Å²) in [4.78, 5) is 11.9. The van der Waals surface area contributed by atoms with Gasteiger partial charge in [0, 0.05) is 18.2 Å². The summed E-state index contributed by atoms with van der Waals surface area (Å²) >= 11 is 0. The van der Waals surface area contributed by atoms with Crippen LogP contribution in [0.25, 0.3) is 0 Å². The lowest BCUT2D eigenvalue weighted by molar-refractivity contribution is -0.116. The first-order valence-corrected chi connectivity index (χ1v) is 7.87. The van der Waals surface area contributed by atoms with Crippen LogP contribution in [0, 0.1) is 6.92 Å². The maximum Gasteiger partial charge on any atom is 0.224 e. The lowest BCUT2D eigenvalue weighted by Crippen LogP contribution is -2.19. The number of aryl methyl sites for hydroxylation is 1. The fraction of sp³-hybridized carbons (Fsp3) is 0.316. The molecular weight excluding hydrogens is 324 g/mol. The molecule has 0 aliphatic carbocycles. The number of ether oxygens (including phenoxy) is 1. The number of hydrogen-bond donors (Lipinski definition) is 2. The Bertz CT molecular complexity index is 645. The molecule has 4 nitrogen and oxygen atoms in total. The second kappa shape index (κ2) is 9.96. The molecule has 2 aromatic rings. The Labute approximate surface area is 149 Å². The molecule has 0 aliphatic rings. The van der Waals surface area contributed by atoms with Gasteiger partial charge in [0.25, 0.3) is 0 Å². The van der Waals surface area contributed by atoms with E-state index in [1.807, 2.05) is 62.4 Å². The molecule has 1 atom stereocenters. The van der Waals surface area contributed by atoms with Crippen LogP contribution in [0.3, 0.4) is 0 Å². The molecule has 2 rings (SSSR count). The van der Waals surface area contributed by atoms with Crippen LogP contribution in [0.5, 0.6) is 5.75 Å². The molecule has 5 heteroatoms. The predicted octanol–water partition coefficient (Wildman–Crippen LogP) is 4.06. The van der Waals surface area contributed by atoms with Gasteiger partial charge in [0.1, 0.15) is 12.4 Å². The number of carbonyl (C=O) groups is 1. The fourth-order valence-electron chi connectivity index (χ4n) is 2.18. The number of halogens is 1. The highest BCUT2D eigenvalue weighted by molar-refractivity contribution is 5.91. The first-order valence-electron chi connectivity index (χ1n) is 7.87. The molecule has 0 bridgehead atoms. The van der Waals surface area contributed by atoms with Crippen LogP contribution in [0.1, 0.15) is 30.9 Å². The van der Waals surface area contributed by atoms with Crippen molar-refractivity contribution in [2.75, 3.05) is 5.32 Å². The van der Waals surface area contributed by atoms with E-state index in [0.29, 0.717) is 19.4 Å². The zero-order valence-corrected chi connectivity index (χ0v) is 14.9. The van der Waals surface area contributed by atoms with Crippen molar-refractivity contribution in [2.24, 2.45) is 5.73 Å². The van der Waals surface area contributed by atoms with Gasteiger partial charge in [-0.1, -0.05) is 30.3 Å². The summed E-state index contributed by atoms with van der Waals surface area (Å²) in [6.07, 6.45) is 1.12. The van der Waals surface area contributed by atoms with Crippen molar-refractivity contribution in [3.63, 3.8) is 0 Å². The predicted molar refractivity (Wildman–Crippen MR) is 101 cm³/mol. The van der Waals surface area contributed by atoms with Gasteiger partial charge >= 0.3 is 0 Å². The fourth-order valence-corrected chi connectivity index (χ4v) is 2.18. The quantitative estimate of drug-likeness (QED) is 0.793. The number of rotatable bonds is 7. The summed E-state index contributed by atoms with van der Waals surface area (Å²) < 4.78 is 5.78. The molecule has 0 aliphatic heterocycles. The summed E-state index contributed by atoms with van der Waals surface area (Å²) in [5.74, 6) is 0.781. The van der Waals surface area contributed by atoms with Crippen LogP contribution in [0.4, 0.5) is 5.69 Å². The first kappa shape index (κ1) is 20.0. The molecule has 2 aromatic carbocycles. The van der Waals surface area contributed by atoms with Crippen molar-refractivity contribution in [3.05, 3.63) is 59.7 Å². The smallest absolute Gasteiger partial charge is 0.224 e. The zero-order valence-electron chi connectivity index (χ0n) is 14.1. The minimum absolute atomic E-state index is 0. The molecule has 24 heavy (non-hydrogen) atoms. The third-order valence-electron chi connectivity index (χ3n) is 3.55. The zero-order chi connectivity index (χ0) is 16.7. The lowest BCUT2D eigenvalue weighted by atomic mass is 10.1. The first-order chi connectivity index (χ1) is 11.0. The Balaban J connectivity index is 0.00000288. The highest BCUT2D eigenvalue weighted by Gasteiger charge is 2.07. The van der Waals surface area contributed by atoms with E-state index in [1.54, 1.807) is 0 Å². The second-order valence-electron chi connectivity index (χ2n) is 5.82. The van der Waals surface area contributed by atoms with Crippen LogP contribution in [0.15, 0.2) is 48.5 Å². The third-order valence-corrected chi connectivity index (χ3v) is 3.55. The van der Waals surface area contributed by atoms with E-state index in [4.69, 9.17) is 10.5 Å². The monoisotopic (exact) mass is 348 g/mol. The van der Waals surface area contributed by atoms with Gasteiger partial charge in [-0.2, -0.15) is 0 Å². The van der Waals surface area contributed by atoms with E-state index in [-0.39, 0.29) is 24.4 Å². The topological polar surface area (TPSA) is 64.3 Å². The Morgan fingerprint density at radius 3 is 2.54 bits per heavy atom. The minimum atomic E-state index is -0.0108. The van der Waals surface area contributed by atoms with Gasteiger partial charge in [-0.3, -0.25) is 4.79 Å². The van der Waals surface area contributed by atoms with Crippen molar-refractivity contribution in [2.45, 2.75) is 39.3 Å². The number of nitrogens with one attached hydrogen (secondary N) is 1. The van der Waals surface area contributed by atoms with E-state index >= 15 is 0 Å². The van der Waals surface area contributed by atoms with E-state index in [2.05, 4.69) is 5.32 Å². The summed E-state index contributed by atoms with van der Waals surface area (Å²) in [6.45, 7) is 4.38. The molecule has 0 fully saturated rings. The Kier molecular flexibility index (Phi) is 8.30. The lowest BCUT2D eigenvalue weighted by Gasteiger charge is -2.12. The van der Waals surface area contributed by atoms with Crippen molar-refractivity contribution in [1.29, 1.82) is 0 Å². The van der Waals surface area contributed by atoms with Crippen molar-refractivity contribution >= 4 is 24.0 Å². The summed E-state index contributed by atoms with van der Waals surface area (Å²) in [5.41, 5.74) is 8.58. The molecule has 1 amide bonds. The number of nitrogens with two attached hydrogens (primary N) is 1. The van der Waals surface area contributed by atoms with Gasteiger partial charge in [0.15, 0.2) is 0 Å². The van der Waals surface area contributed by atoms with Gasteiger partial charge in [0.05, 0.1) is 0 Å². The van der Waals surface area contributed by atoms with Crippen LogP contribution in [0.2, 0.25) is 0 Å². The second-order valence-corrected chi connectivity index (χ2v) is 5.82. The van der Waals surface area contributed by atoms with Gasteiger partial charge in [0.2, 0.25) is 5.91 Å². The SMILES string of the molecule is Cc1cc(OCc2ccccc2)ccc1NC(=O)CCC(C)N.Cl. The number of amides is 1. The average Bonchev–Trinajstić information content (AvgIpc) is 2.54. The standard InChI is InChI=1S/C19H24N2O2.ClH/c1-14-12-17(23-13-16-6-4-3-5-7-16)9-10-18(14)21-19(22)11-8-15(2)20;/h3-7,9-10,12,15H,8,11,13,20H2,1-2H3,(H,21,22);1H. The molecular formula is C19H25ClN2O2. The molecule has 130 valence electrons. The molecule has 0 heterocycles. The van der Waals surface area contributed by atoms with Crippen molar-refractivity contribution in [1.82, 2.24) is 0 Å². The molecule has 1 unspecified atom stereocenters. The summed E-state index contributed by atoms with van der Waals surface area (Å²) in [7, 11) is 0. The molecule has 3 N–H and O–H groups in total.